The summed E-state index contributed by atoms with van der Waals surface area (Å²) in [7, 11) is 0. The minimum atomic E-state index is -0.279. The first-order chi connectivity index (χ1) is 16.6. The lowest BCUT2D eigenvalue weighted by Crippen LogP contribution is -2.46. The van der Waals surface area contributed by atoms with E-state index in [1.807, 2.05) is 40.6 Å². The Kier molecular flexibility index (Phi) is 6.74. The fraction of sp³-hybridized carbons (Fsp3) is 0.308. The third kappa shape index (κ3) is 4.91. The van der Waals surface area contributed by atoms with Crippen molar-refractivity contribution in [3.63, 3.8) is 0 Å². The highest BCUT2D eigenvalue weighted by Gasteiger charge is 2.33. The van der Waals surface area contributed by atoms with Gasteiger partial charge in [0.15, 0.2) is 11.5 Å². The maximum absolute atomic E-state index is 13.8. The summed E-state index contributed by atoms with van der Waals surface area (Å²) in [6.07, 6.45) is 1.53. The highest BCUT2D eigenvalue weighted by Crippen LogP contribution is 2.36. The van der Waals surface area contributed by atoms with E-state index in [4.69, 9.17) is 21.1 Å². The fourth-order valence-electron chi connectivity index (χ4n) is 4.41. The molecule has 0 bridgehead atoms. The molecule has 34 heavy (non-hydrogen) atoms. The molecule has 5 rings (SSSR count). The van der Waals surface area contributed by atoms with Crippen molar-refractivity contribution in [1.29, 1.82) is 0 Å². The topological polar surface area (TPSA) is 59.1 Å². The molecule has 2 aromatic carbocycles. The van der Waals surface area contributed by atoms with Crippen LogP contribution in [-0.2, 0) is 11.3 Å². The first kappa shape index (κ1) is 22.7. The predicted octanol–water partition coefficient (Wildman–Crippen LogP) is 5.26. The van der Waals surface area contributed by atoms with Crippen molar-refractivity contribution in [3.05, 3.63) is 75.4 Å². The van der Waals surface area contributed by atoms with Gasteiger partial charge in [-0.05, 0) is 60.7 Å². The van der Waals surface area contributed by atoms with Gasteiger partial charge in [0.1, 0.15) is 13.2 Å². The molecule has 2 aliphatic heterocycles. The summed E-state index contributed by atoms with van der Waals surface area (Å²) >= 11 is 7.59. The smallest absolute Gasteiger partial charge is 0.253 e. The summed E-state index contributed by atoms with van der Waals surface area (Å²) in [5, 5.41) is 2.60. The number of likely N-dealkylation sites (tertiary alicyclic amines) is 1. The monoisotopic (exact) mass is 496 g/mol. The van der Waals surface area contributed by atoms with E-state index in [1.54, 1.807) is 40.5 Å². The number of ether oxygens (including phenoxy) is 2. The minimum Gasteiger partial charge on any atom is -0.486 e. The Morgan fingerprint density at radius 2 is 1.85 bits per heavy atom. The summed E-state index contributed by atoms with van der Waals surface area (Å²) in [5.41, 5.74) is 1.35. The molecule has 1 saturated heterocycles. The van der Waals surface area contributed by atoms with Crippen molar-refractivity contribution in [3.8, 4) is 11.5 Å². The Hall–Kier alpha value is -3.03. The third-order valence-corrected chi connectivity index (χ3v) is 7.26. The number of thiophene rings is 1. The van der Waals surface area contributed by atoms with E-state index >= 15 is 0 Å². The Bertz CT molecular complexity index is 1170. The standard InChI is InChI=1S/C26H25ClN2O4S/c27-20-7-5-18(6-8-20)25(30)28-11-1-3-19(16-28)26(31)29(17-22-4-2-14-34-22)21-9-10-23-24(15-21)33-13-12-32-23/h2,4-10,14-15,19H,1,3,11-13,16-17H2. The van der Waals surface area contributed by atoms with E-state index in [9.17, 15) is 9.59 Å². The molecular formula is C26H25ClN2O4S. The molecule has 0 spiro atoms. The van der Waals surface area contributed by atoms with Gasteiger partial charge in [-0.1, -0.05) is 17.7 Å². The van der Waals surface area contributed by atoms with Crippen LogP contribution in [0.3, 0.4) is 0 Å². The van der Waals surface area contributed by atoms with Crippen LogP contribution in [0, 0.1) is 5.92 Å². The zero-order valence-electron chi connectivity index (χ0n) is 18.6. The number of nitrogens with zero attached hydrogens (tertiary/aromatic N) is 2. The van der Waals surface area contributed by atoms with Gasteiger partial charge in [-0.3, -0.25) is 9.59 Å². The lowest BCUT2D eigenvalue weighted by Gasteiger charge is -2.35. The van der Waals surface area contributed by atoms with Crippen LogP contribution in [-0.4, -0.2) is 43.0 Å². The predicted molar refractivity (Wildman–Crippen MR) is 133 cm³/mol. The van der Waals surface area contributed by atoms with Crippen LogP contribution < -0.4 is 14.4 Å². The Balaban J connectivity index is 1.38. The number of hydrogen-bond donors (Lipinski definition) is 0. The zero-order chi connectivity index (χ0) is 23.5. The summed E-state index contributed by atoms with van der Waals surface area (Å²) in [5.74, 6) is 1.00. The molecule has 0 aliphatic carbocycles. The highest BCUT2D eigenvalue weighted by molar-refractivity contribution is 7.09. The van der Waals surface area contributed by atoms with Gasteiger partial charge < -0.3 is 19.3 Å². The van der Waals surface area contributed by atoms with E-state index in [2.05, 4.69) is 0 Å². The molecule has 0 N–H and O–H groups in total. The van der Waals surface area contributed by atoms with E-state index < -0.39 is 0 Å². The van der Waals surface area contributed by atoms with Crippen LogP contribution in [0.5, 0.6) is 11.5 Å². The van der Waals surface area contributed by atoms with Crippen molar-refractivity contribution in [2.75, 3.05) is 31.2 Å². The zero-order valence-corrected chi connectivity index (χ0v) is 20.2. The molecule has 176 valence electrons. The maximum atomic E-state index is 13.8. The van der Waals surface area contributed by atoms with E-state index in [0.717, 1.165) is 23.4 Å². The van der Waals surface area contributed by atoms with Crippen LogP contribution in [0.15, 0.2) is 60.0 Å². The van der Waals surface area contributed by atoms with Gasteiger partial charge >= 0.3 is 0 Å². The van der Waals surface area contributed by atoms with E-state index in [1.165, 1.54) is 0 Å². The molecule has 2 aliphatic rings. The van der Waals surface area contributed by atoms with Crippen molar-refractivity contribution < 1.29 is 19.1 Å². The van der Waals surface area contributed by atoms with Crippen LogP contribution in [0.1, 0.15) is 28.1 Å². The summed E-state index contributed by atoms with van der Waals surface area (Å²) in [6, 6.07) is 16.5. The van der Waals surface area contributed by atoms with Gasteiger partial charge in [-0.2, -0.15) is 0 Å². The minimum absolute atomic E-state index is 0.0127. The molecule has 1 fully saturated rings. The number of amides is 2. The molecule has 8 heteroatoms. The highest BCUT2D eigenvalue weighted by atomic mass is 35.5. The van der Waals surface area contributed by atoms with Crippen LogP contribution in [0.25, 0.3) is 0 Å². The van der Waals surface area contributed by atoms with Gasteiger partial charge in [-0.25, -0.2) is 0 Å². The Labute approximate surface area is 207 Å². The van der Waals surface area contributed by atoms with Gasteiger partial charge in [0.05, 0.1) is 12.5 Å². The normalized spacial score (nSPS) is 17.3. The summed E-state index contributed by atoms with van der Waals surface area (Å²) in [4.78, 5) is 31.6. The van der Waals surface area contributed by atoms with Crippen LogP contribution >= 0.6 is 22.9 Å². The Morgan fingerprint density at radius 3 is 2.62 bits per heavy atom. The van der Waals surface area contributed by atoms with Gasteiger partial charge in [0.25, 0.3) is 5.91 Å². The molecule has 2 amide bonds. The van der Waals surface area contributed by atoms with E-state index in [0.29, 0.717) is 54.9 Å². The second-order valence-corrected chi connectivity index (χ2v) is 9.90. The van der Waals surface area contributed by atoms with Gasteiger partial charge in [0.2, 0.25) is 5.91 Å². The van der Waals surface area contributed by atoms with Crippen molar-refractivity contribution in [1.82, 2.24) is 4.90 Å². The fourth-order valence-corrected chi connectivity index (χ4v) is 5.23. The second-order valence-electron chi connectivity index (χ2n) is 8.43. The van der Waals surface area contributed by atoms with Gasteiger partial charge in [-0.15, -0.1) is 11.3 Å². The maximum Gasteiger partial charge on any atom is 0.253 e. The number of halogens is 1. The number of hydrogen-bond acceptors (Lipinski definition) is 5. The Morgan fingerprint density at radius 1 is 1.06 bits per heavy atom. The molecule has 0 saturated carbocycles. The number of benzene rings is 2. The summed E-state index contributed by atoms with van der Waals surface area (Å²) < 4.78 is 11.4. The lowest BCUT2D eigenvalue weighted by atomic mass is 9.95. The number of piperidine rings is 1. The molecule has 6 nitrogen and oxygen atoms in total. The SMILES string of the molecule is O=C(c1ccc(Cl)cc1)N1CCCC(C(=O)N(Cc2cccs2)c2ccc3c(c2)OCCO3)C1. The van der Waals surface area contributed by atoms with Crippen molar-refractivity contribution >= 4 is 40.4 Å². The second kappa shape index (κ2) is 10.1. The average molecular weight is 497 g/mol. The van der Waals surface area contributed by atoms with Crippen LogP contribution in [0.4, 0.5) is 5.69 Å². The molecule has 3 aromatic rings. The number of anilines is 1. The molecule has 3 heterocycles. The van der Waals surface area contributed by atoms with Crippen LogP contribution in [0.2, 0.25) is 5.02 Å². The number of carbonyl (C=O) groups is 2. The molecule has 1 unspecified atom stereocenters. The number of rotatable bonds is 5. The van der Waals surface area contributed by atoms with E-state index in [-0.39, 0.29) is 17.7 Å². The molecular weight excluding hydrogens is 472 g/mol. The molecule has 1 atom stereocenters. The quantitative estimate of drug-likeness (QED) is 0.483. The number of fused-ring (bicyclic) bond motifs is 1. The van der Waals surface area contributed by atoms with Crippen molar-refractivity contribution in [2.24, 2.45) is 5.92 Å². The largest absolute Gasteiger partial charge is 0.486 e. The first-order valence-corrected chi connectivity index (χ1v) is 12.6. The average Bonchev–Trinajstić information content (AvgIpc) is 3.40. The van der Waals surface area contributed by atoms with Crippen molar-refractivity contribution in [2.45, 2.75) is 19.4 Å². The van der Waals surface area contributed by atoms with Gasteiger partial charge in [0, 0.05) is 40.3 Å². The third-order valence-electron chi connectivity index (χ3n) is 6.15. The molecule has 0 radical (unpaired) electrons. The summed E-state index contributed by atoms with van der Waals surface area (Å²) in [6.45, 7) is 2.51. The lowest BCUT2D eigenvalue weighted by molar-refractivity contribution is -0.123. The number of carbonyl (C=O) groups excluding carboxylic acids is 2. The first-order valence-electron chi connectivity index (χ1n) is 11.4. The molecule has 1 aromatic heterocycles.